The summed E-state index contributed by atoms with van der Waals surface area (Å²) in [5.74, 6) is -0.855. The molecule has 1 fully saturated rings. The number of hydrogen-bond acceptors (Lipinski definition) is 5. The lowest BCUT2D eigenvalue weighted by Gasteiger charge is -2.28. The second-order valence-corrected chi connectivity index (χ2v) is 7.36. The summed E-state index contributed by atoms with van der Waals surface area (Å²) in [5, 5.41) is 0. The van der Waals surface area contributed by atoms with E-state index in [1.165, 1.54) is 12.0 Å². The van der Waals surface area contributed by atoms with E-state index >= 15 is 0 Å². The minimum atomic E-state index is -0.594. The van der Waals surface area contributed by atoms with Gasteiger partial charge in [-0.15, -0.1) is 0 Å². The first-order valence-corrected chi connectivity index (χ1v) is 8.79. The first-order chi connectivity index (χ1) is 11.2. The van der Waals surface area contributed by atoms with Gasteiger partial charge >= 0.3 is 12.1 Å². The van der Waals surface area contributed by atoms with Gasteiger partial charge in [0.05, 0.1) is 19.1 Å². The summed E-state index contributed by atoms with van der Waals surface area (Å²) in [4.78, 5) is 38.3. The fraction of sp³-hybridized carbons (Fsp3) is 0.833. The number of likely N-dealkylation sites (tertiary alicyclic amines) is 1. The first-order valence-electron chi connectivity index (χ1n) is 8.79. The fourth-order valence-corrected chi connectivity index (χ4v) is 2.94. The van der Waals surface area contributed by atoms with Gasteiger partial charge in [-0.25, -0.2) is 4.79 Å². The molecule has 0 aromatic carbocycles. The van der Waals surface area contributed by atoms with Gasteiger partial charge in [0.1, 0.15) is 5.60 Å². The third kappa shape index (κ3) is 6.13. The van der Waals surface area contributed by atoms with E-state index in [1.54, 1.807) is 20.8 Å². The van der Waals surface area contributed by atoms with Crippen molar-refractivity contribution in [2.75, 3.05) is 13.7 Å². The minimum absolute atomic E-state index is 0.0788. The van der Waals surface area contributed by atoms with Crippen LogP contribution in [0.3, 0.4) is 0 Å². The highest BCUT2D eigenvalue weighted by atomic mass is 16.6. The SMILES string of the molecule is CCCC[C@H](CC(=O)[C@H]1CCCN1C(=O)OC(C)(C)C)C(=O)OC. The Hall–Kier alpha value is -1.59. The molecule has 0 aromatic heterocycles. The minimum Gasteiger partial charge on any atom is -0.469 e. The molecule has 2 atom stereocenters. The second kappa shape index (κ2) is 9.04. The number of carbonyl (C=O) groups excluding carboxylic acids is 3. The second-order valence-electron chi connectivity index (χ2n) is 7.36. The van der Waals surface area contributed by atoms with Crippen LogP contribution in [0, 0.1) is 5.92 Å². The van der Waals surface area contributed by atoms with Crippen LogP contribution in [0.1, 0.15) is 66.2 Å². The van der Waals surface area contributed by atoms with Crippen molar-refractivity contribution >= 4 is 17.8 Å². The number of amides is 1. The van der Waals surface area contributed by atoms with Gasteiger partial charge in [0, 0.05) is 13.0 Å². The lowest BCUT2D eigenvalue weighted by atomic mass is 9.93. The van der Waals surface area contributed by atoms with E-state index in [4.69, 9.17) is 9.47 Å². The summed E-state index contributed by atoms with van der Waals surface area (Å²) >= 11 is 0. The molecule has 138 valence electrons. The number of hydrogen-bond donors (Lipinski definition) is 0. The highest BCUT2D eigenvalue weighted by molar-refractivity contribution is 5.90. The monoisotopic (exact) mass is 341 g/mol. The highest BCUT2D eigenvalue weighted by Crippen LogP contribution is 2.25. The van der Waals surface area contributed by atoms with Gasteiger partial charge in [-0.1, -0.05) is 19.8 Å². The van der Waals surface area contributed by atoms with Gasteiger partial charge < -0.3 is 9.47 Å². The van der Waals surface area contributed by atoms with E-state index < -0.39 is 23.7 Å². The molecule has 6 heteroatoms. The van der Waals surface area contributed by atoms with Crippen molar-refractivity contribution in [2.24, 2.45) is 5.92 Å². The van der Waals surface area contributed by atoms with E-state index in [0.29, 0.717) is 19.4 Å². The van der Waals surface area contributed by atoms with Crippen LogP contribution in [0.4, 0.5) is 4.79 Å². The zero-order valence-corrected chi connectivity index (χ0v) is 15.6. The summed E-state index contributed by atoms with van der Waals surface area (Å²) in [6.45, 7) is 7.96. The molecule has 1 rings (SSSR count). The Bertz CT molecular complexity index is 455. The van der Waals surface area contributed by atoms with Crippen LogP contribution >= 0.6 is 0 Å². The lowest BCUT2D eigenvalue weighted by molar-refractivity contribution is -0.147. The van der Waals surface area contributed by atoms with Gasteiger partial charge in [0.15, 0.2) is 5.78 Å². The number of Topliss-reactive ketones (excluding diaryl/α,β-unsaturated/α-hetero) is 1. The zero-order chi connectivity index (χ0) is 18.3. The van der Waals surface area contributed by atoms with Crippen molar-refractivity contribution in [1.82, 2.24) is 4.90 Å². The van der Waals surface area contributed by atoms with Gasteiger partial charge in [0.2, 0.25) is 0 Å². The number of unbranched alkanes of at least 4 members (excludes halogenated alkanes) is 1. The summed E-state index contributed by atoms with van der Waals surface area (Å²) in [7, 11) is 1.34. The molecule has 0 aliphatic carbocycles. The summed E-state index contributed by atoms with van der Waals surface area (Å²) in [5.41, 5.74) is -0.594. The predicted molar refractivity (Wildman–Crippen MR) is 90.6 cm³/mol. The number of esters is 1. The van der Waals surface area contributed by atoms with Crippen LogP contribution in [0.15, 0.2) is 0 Å². The quantitative estimate of drug-likeness (QED) is 0.664. The molecule has 0 saturated carbocycles. The Morgan fingerprint density at radius 1 is 1.25 bits per heavy atom. The molecule has 1 heterocycles. The molecule has 0 N–H and O–H groups in total. The summed E-state index contributed by atoms with van der Waals surface area (Å²) in [6.07, 6.45) is 3.52. The smallest absolute Gasteiger partial charge is 0.410 e. The molecule has 0 spiro atoms. The number of carbonyl (C=O) groups is 3. The van der Waals surface area contributed by atoms with Gasteiger partial charge in [-0.05, 0) is 40.0 Å². The number of methoxy groups -OCH3 is 1. The fourth-order valence-electron chi connectivity index (χ4n) is 2.94. The summed E-state index contributed by atoms with van der Waals surface area (Å²) < 4.78 is 10.2. The van der Waals surface area contributed by atoms with Crippen LogP contribution in [-0.4, -0.2) is 48.0 Å². The molecule has 6 nitrogen and oxygen atoms in total. The molecular weight excluding hydrogens is 310 g/mol. The molecule has 0 unspecified atom stereocenters. The van der Waals surface area contributed by atoms with Crippen molar-refractivity contribution in [2.45, 2.75) is 77.9 Å². The molecule has 0 radical (unpaired) electrons. The number of rotatable bonds is 7. The maximum Gasteiger partial charge on any atom is 0.410 e. The standard InChI is InChI=1S/C18H31NO5/c1-6-7-9-13(16(21)23-5)12-15(20)14-10-8-11-19(14)17(22)24-18(2,3)4/h13-14H,6-12H2,1-5H3/t13-,14-/m1/s1. The van der Waals surface area contributed by atoms with Crippen LogP contribution in [0.5, 0.6) is 0 Å². The molecule has 24 heavy (non-hydrogen) atoms. The lowest BCUT2D eigenvalue weighted by Crippen LogP contribution is -2.44. The van der Waals surface area contributed by atoms with Crippen LogP contribution in [0.2, 0.25) is 0 Å². The van der Waals surface area contributed by atoms with E-state index in [1.807, 2.05) is 6.92 Å². The van der Waals surface area contributed by atoms with Crippen molar-refractivity contribution in [1.29, 1.82) is 0 Å². The van der Waals surface area contributed by atoms with E-state index in [9.17, 15) is 14.4 Å². The van der Waals surface area contributed by atoms with Gasteiger partial charge in [0.25, 0.3) is 0 Å². The Morgan fingerprint density at radius 2 is 1.92 bits per heavy atom. The maximum absolute atomic E-state index is 12.7. The Balaban J connectivity index is 2.73. The van der Waals surface area contributed by atoms with Crippen LogP contribution in [0.25, 0.3) is 0 Å². The third-order valence-corrected chi connectivity index (χ3v) is 4.14. The largest absolute Gasteiger partial charge is 0.469 e. The molecule has 1 amide bonds. The van der Waals surface area contributed by atoms with Crippen molar-refractivity contribution in [3.05, 3.63) is 0 Å². The molecule has 1 aliphatic rings. The molecular formula is C18H31NO5. The van der Waals surface area contributed by atoms with Crippen LogP contribution in [-0.2, 0) is 19.1 Å². The predicted octanol–water partition coefficient (Wildman–Crippen LogP) is 3.32. The Labute approximate surface area is 144 Å². The van der Waals surface area contributed by atoms with E-state index in [2.05, 4.69) is 0 Å². The van der Waals surface area contributed by atoms with Crippen molar-refractivity contribution < 1.29 is 23.9 Å². The van der Waals surface area contributed by atoms with E-state index in [-0.39, 0.29) is 18.2 Å². The third-order valence-electron chi connectivity index (χ3n) is 4.14. The number of ketones is 1. The zero-order valence-electron chi connectivity index (χ0n) is 15.6. The average molecular weight is 341 g/mol. The topological polar surface area (TPSA) is 72.9 Å². The average Bonchev–Trinajstić information content (AvgIpc) is 2.98. The number of nitrogens with zero attached hydrogens (tertiary/aromatic N) is 1. The maximum atomic E-state index is 12.7. The number of ether oxygens (including phenoxy) is 2. The molecule has 0 aromatic rings. The molecule has 1 saturated heterocycles. The van der Waals surface area contributed by atoms with Crippen LogP contribution < -0.4 is 0 Å². The Kier molecular flexibility index (Phi) is 7.70. The first kappa shape index (κ1) is 20.5. The Morgan fingerprint density at radius 3 is 2.46 bits per heavy atom. The van der Waals surface area contributed by atoms with Gasteiger partial charge in [-0.3, -0.25) is 14.5 Å². The molecule has 0 bridgehead atoms. The van der Waals surface area contributed by atoms with Gasteiger partial charge in [-0.2, -0.15) is 0 Å². The highest BCUT2D eigenvalue weighted by Gasteiger charge is 2.37. The van der Waals surface area contributed by atoms with Crippen molar-refractivity contribution in [3.63, 3.8) is 0 Å². The van der Waals surface area contributed by atoms with E-state index in [0.717, 1.165) is 19.3 Å². The normalized spacial score (nSPS) is 19.0. The van der Waals surface area contributed by atoms with Crippen molar-refractivity contribution in [3.8, 4) is 0 Å². The summed E-state index contributed by atoms with van der Waals surface area (Å²) in [6, 6.07) is -0.492. The molecule has 1 aliphatic heterocycles.